The number of aromatic nitrogens is 1. The number of hydrogen-bond acceptors (Lipinski definition) is 2. The summed E-state index contributed by atoms with van der Waals surface area (Å²) >= 11 is 3.22. The van der Waals surface area contributed by atoms with Gasteiger partial charge in [-0.05, 0) is 41.3 Å². The van der Waals surface area contributed by atoms with Gasteiger partial charge in [-0.1, -0.05) is 28.9 Å². The SMILES string of the molecule is CCc1cnccc1C(O)Cc1ccc(Br)cc1F. The van der Waals surface area contributed by atoms with Gasteiger partial charge in [0.2, 0.25) is 0 Å². The van der Waals surface area contributed by atoms with Crippen LogP contribution in [0, 0.1) is 5.82 Å². The Morgan fingerprint density at radius 1 is 1.32 bits per heavy atom. The van der Waals surface area contributed by atoms with Crippen molar-refractivity contribution in [3.8, 4) is 0 Å². The van der Waals surface area contributed by atoms with E-state index in [9.17, 15) is 9.50 Å². The molecular formula is C15H15BrFNO. The standard InChI is InChI=1S/C15H15BrFNO/c1-2-10-9-18-6-5-13(10)15(19)7-11-3-4-12(16)8-14(11)17/h3-6,8-9,15,19H,2,7H2,1H3. The largest absolute Gasteiger partial charge is 0.388 e. The minimum atomic E-state index is -0.714. The first-order chi connectivity index (χ1) is 9.11. The molecule has 1 N–H and O–H groups in total. The summed E-state index contributed by atoms with van der Waals surface area (Å²) < 4.78 is 14.5. The van der Waals surface area contributed by atoms with Crippen molar-refractivity contribution in [1.29, 1.82) is 0 Å². The van der Waals surface area contributed by atoms with Gasteiger partial charge < -0.3 is 5.11 Å². The molecule has 0 amide bonds. The highest BCUT2D eigenvalue weighted by Gasteiger charge is 2.14. The number of aliphatic hydroxyl groups excluding tert-OH is 1. The lowest BCUT2D eigenvalue weighted by molar-refractivity contribution is 0.176. The molecule has 2 nitrogen and oxygen atoms in total. The second-order valence-electron chi connectivity index (χ2n) is 4.38. The van der Waals surface area contributed by atoms with Gasteiger partial charge in [-0.15, -0.1) is 0 Å². The first-order valence-corrected chi connectivity index (χ1v) is 6.96. The number of benzene rings is 1. The van der Waals surface area contributed by atoms with Crippen LogP contribution in [0.15, 0.2) is 41.1 Å². The second kappa shape index (κ2) is 6.26. The van der Waals surface area contributed by atoms with Gasteiger partial charge in [0.15, 0.2) is 0 Å². The average Bonchev–Trinajstić information content (AvgIpc) is 2.41. The minimum Gasteiger partial charge on any atom is -0.388 e. The van der Waals surface area contributed by atoms with Gasteiger partial charge in [0.25, 0.3) is 0 Å². The number of nitrogens with zero attached hydrogens (tertiary/aromatic N) is 1. The third-order valence-electron chi connectivity index (χ3n) is 3.11. The Labute approximate surface area is 120 Å². The van der Waals surface area contributed by atoms with Gasteiger partial charge in [-0.2, -0.15) is 0 Å². The van der Waals surface area contributed by atoms with E-state index in [0.29, 0.717) is 10.0 Å². The highest BCUT2D eigenvalue weighted by atomic mass is 79.9. The summed E-state index contributed by atoms with van der Waals surface area (Å²) in [6, 6.07) is 6.67. The van der Waals surface area contributed by atoms with Crippen LogP contribution in [0.25, 0.3) is 0 Å². The maximum absolute atomic E-state index is 13.8. The van der Waals surface area contributed by atoms with E-state index in [0.717, 1.165) is 17.5 Å². The number of pyridine rings is 1. The van der Waals surface area contributed by atoms with Gasteiger partial charge in [-0.3, -0.25) is 4.98 Å². The van der Waals surface area contributed by atoms with E-state index in [1.807, 2.05) is 6.92 Å². The first-order valence-electron chi connectivity index (χ1n) is 6.16. The van der Waals surface area contributed by atoms with Crippen LogP contribution in [0.5, 0.6) is 0 Å². The maximum Gasteiger partial charge on any atom is 0.127 e. The van der Waals surface area contributed by atoms with Crippen LogP contribution in [-0.2, 0) is 12.8 Å². The zero-order valence-corrected chi connectivity index (χ0v) is 12.2. The van der Waals surface area contributed by atoms with Gasteiger partial charge in [0.05, 0.1) is 6.10 Å². The van der Waals surface area contributed by atoms with Crippen LogP contribution in [0.1, 0.15) is 29.7 Å². The van der Waals surface area contributed by atoms with Crippen molar-refractivity contribution in [1.82, 2.24) is 4.98 Å². The Bertz CT molecular complexity index is 574. The molecule has 100 valence electrons. The van der Waals surface area contributed by atoms with E-state index >= 15 is 0 Å². The number of halogens is 2. The Kier molecular flexibility index (Phi) is 4.66. The van der Waals surface area contributed by atoms with Crippen LogP contribution in [0.4, 0.5) is 4.39 Å². The van der Waals surface area contributed by atoms with Gasteiger partial charge >= 0.3 is 0 Å². The van der Waals surface area contributed by atoms with E-state index in [4.69, 9.17) is 0 Å². The lowest BCUT2D eigenvalue weighted by atomic mass is 9.97. The van der Waals surface area contributed by atoms with Crippen molar-refractivity contribution in [3.05, 3.63) is 63.6 Å². The van der Waals surface area contributed by atoms with Crippen LogP contribution in [-0.4, -0.2) is 10.1 Å². The van der Waals surface area contributed by atoms with Gasteiger partial charge in [0, 0.05) is 23.3 Å². The van der Waals surface area contributed by atoms with Crippen molar-refractivity contribution in [3.63, 3.8) is 0 Å². The smallest absolute Gasteiger partial charge is 0.127 e. The molecule has 0 saturated heterocycles. The second-order valence-corrected chi connectivity index (χ2v) is 5.30. The quantitative estimate of drug-likeness (QED) is 0.927. The zero-order chi connectivity index (χ0) is 13.8. The van der Waals surface area contributed by atoms with Crippen molar-refractivity contribution >= 4 is 15.9 Å². The van der Waals surface area contributed by atoms with E-state index in [1.54, 1.807) is 30.6 Å². The molecule has 2 aromatic rings. The molecule has 0 bridgehead atoms. The van der Waals surface area contributed by atoms with Crippen LogP contribution < -0.4 is 0 Å². The van der Waals surface area contributed by atoms with Crippen LogP contribution in [0.2, 0.25) is 0 Å². The van der Waals surface area contributed by atoms with E-state index in [1.165, 1.54) is 6.07 Å². The molecule has 1 atom stereocenters. The van der Waals surface area contributed by atoms with Crippen molar-refractivity contribution in [2.24, 2.45) is 0 Å². The predicted molar refractivity (Wildman–Crippen MR) is 76.4 cm³/mol. The van der Waals surface area contributed by atoms with E-state index < -0.39 is 6.10 Å². The van der Waals surface area contributed by atoms with E-state index in [2.05, 4.69) is 20.9 Å². The molecule has 0 fully saturated rings. The molecule has 0 aliphatic heterocycles. The molecule has 1 aromatic heterocycles. The van der Waals surface area contributed by atoms with Crippen molar-refractivity contribution in [2.45, 2.75) is 25.9 Å². The minimum absolute atomic E-state index is 0.260. The fourth-order valence-corrected chi connectivity index (χ4v) is 2.40. The number of aryl methyl sites for hydroxylation is 1. The lowest BCUT2D eigenvalue weighted by Crippen LogP contribution is -2.06. The topological polar surface area (TPSA) is 33.1 Å². The van der Waals surface area contributed by atoms with Crippen LogP contribution >= 0.6 is 15.9 Å². The summed E-state index contributed by atoms with van der Waals surface area (Å²) in [6.07, 6.45) is 3.74. The highest BCUT2D eigenvalue weighted by molar-refractivity contribution is 9.10. The fraction of sp³-hybridized carbons (Fsp3) is 0.267. The molecule has 0 radical (unpaired) electrons. The summed E-state index contributed by atoms with van der Waals surface area (Å²) in [5.74, 6) is -0.305. The normalized spacial score (nSPS) is 12.4. The molecule has 19 heavy (non-hydrogen) atoms. The molecule has 2 rings (SSSR count). The number of aliphatic hydroxyl groups is 1. The first kappa shape index (κ1) is 14.2. The van der Waals surface area contributed by atoms with Crippen molar-refractivity contribution < 1.29 is 9.50 Å². The van der Waals surface area contributed by atoms with Crippen molar-refractivity contribution in [2.75, 3.05) is 0 Å². The fourth-order valence-electron chi connectivity index (χ4n) is 2.06. The summed E-state index contributed by atoms with van der Waals surface area (Å²) in [7, 11) is 0. The number of rotatable bonds is 4. The summed E-state index contributed by atoms with van der Waals surface area (Å²) in [4.78, 5) is 4.04. The molecule has 0 aliphatic carbocycles. The van der Waals surface area contributed by atoms with Crippen LogP contribution in [0.3, 0.4) is 0 Å². The van der Waals surface area contributed by atoms with Gasteiger partial charge in [0.1, 0.15) is 5.82 Å². The summed E-state index contributed by atoms with van der Waals surface area (Å²) in [5, 5.41) is 10.3. The summed E-state index contributed by atoms with van der Waals surface area (Å²) in [6.45, 7) is 2.01. The predicted octanol–water partition coefficient (Wildman–Crippen LogP) is 3.82. The van der Waals surface area contributed by atoms with Gasteiger partial charge in [-0.25, -0.2) is 4.39 Å². The molecule has 1 aromatic carbocycles. The molecule has 4 heteroatoms. The highest BCUT2D eigenvalue weighted by Crippen LogP contribution is 2.24. The summed E-state index contributed by atoms with van der Waals surface area (Å²) in [5.41, 5.74) is 2.32. The molecule has 1 heterocycles. The maximum atomic E-state index is 13.8. The monoisotopic (exact) mass is 323 g/mol. The molecule has 0 saturated carbocycles. The Morgan fingerprint density at radius 3 is 2.79 bits per heavy atom. The third kappa shape index (κ3) is 3.39. The Hall–Kier alpha value is -1.26. The molecule has 1 unspecified atom stereocenters. The molecular weight excluding hydrogens is 309 g/mol. The molecule has 0 spiro atoms. The molecule has 0 aliphatic rings. The lowest BCUT2D eigenvalue weighted by Gasteiger charge is -2.15. The Balaban J connectivity index is 2.23. The average molecular weight is 324 g/mol. The zero-order valence-electron chi connectivity index (χ0n) is 10.6. The Morgan fingerprint density at radius 2 is 2.11 bits per heavy atom. The third-order valence-corrected chi connectivity index (χ3v) is 3.60. The number of hydrogen-bond donors (Lipinski definition) is 1. The van der Waals surface area contributed by atoms with E-state index in [-0.39, 0.29) is 12.2 Å².